The van der Waals surface area contributed by atoms with Crippen molar-refractivity contribution in [3.63, 3.8) is 0 Å². The van der Waals surface area contributed by atoms with Crippen molar-refractivity contribution in [2.75, 3.05) is 39.4 Å². The molecule has 184 valence electrons. The predicted octanol–water partition coefficient (Wildman–Crippen LogP) is 3.65. The normalized spacial score (nSPS) is 24.2. The molecule has 34 heavy (non-hydrogen) atoms. The highest BCUT2D eigenvalue weighted by atomic mass is 16.7. The summed E-state index contributed by atoms with van der Waals surface area (Å²) in [7, 11) is 0. The van der Waals surface area contributed by atoms with E-state index in [2.05, 4.69) is 10.8 Å². The van der Waals surface area contributed by atoms with E-state index in [1.54, 1.807) is 0 Å². The Labute approximate surface area is 203 Å². The van der Waals surface area contributed by atoms with Crippen LogP contribution < -0.4 is 0 Å². The van der Waals surface area contributed by atoms with E-state index in [0.717, 1.165) is 43.5 Å². The molecule has 0 radical (unpaired) electrons. The van der Waals surface area contributed by atoms with Crippen molar-refractivity contribution >= 4 is 5.91 Å². The molecule has 1 aromatic rings. The number of ether oxygens (including phenoxy) is 2. The third kappa shape index (κ3) is 6.41. The largest absolute Gasteiger partial charge is 0.459 e. The first-order valence-electron chi connectivity index (χ1n) is 12.9. The Kier molecular flexibility index (Phi) is 9.04. The highest BCUT2D eigenvalue weighted by Gasteiger charge is 2.33. The van der Waals surface area contributed by atoms with Crippen LogP contribution in [0.15, 0.2) is 36.1 Å². The molecule has 0 spiro atoms. The number of amides is 1. The van der Waals surface area contributed by atoms with Gasteiger partial charge in [-0.1, -0.05) is 24.5 Å². The van der Waals surface area contributed by atoms with Gasteiger partial charge in [0.05, 0.1) is 6.61 Å². The first-order chi connectivity index (χ1) is 16.7. The van der Waals surface area contributed by atoms with Gasteiger partial charge in [0.25, 0.3) is 5.91 Å². The summed E-state index contributed by atoms with van der Waals surface area (Å²) in [6.45, 7) is 4.58. The summed E-state index contributed by atoms with van der Waals surface area (Å²) in [5, 5.41) is 9.03. The molecule has 3 aliphatic heterocycles. The lowest BCUT2D eigenvalue weighted by Gasteiger charge is -2.40. The molecule has 0 bridgehead atoms. The second-order valence-electron chi connectivity index (χ2n) is 9.61. The van der Waals surface area contributed by atoms with Crippen LogP contribution in [0.5, 0.6) is 0 Å². The number of likely N-dealkylation sites (tertiary alicyclic amines) is 2. The molecule has 2 atom stereocenters. The number of unbranched alkanes of at least 4 members (excludes halogenated alkanes) is 1. The predicted molar refractivity (Wildman–Crippen MR) is 132 cm³/mol. The van der Waals surface area contributed by atoms with Crippen molar-refractivity contribution in [2.24, 2.45) is 0 Å². The van der Waals surface area contributed by atoms with Gasteiger partial charge in [-0.3, -0.25) is 4.79 Å². The number of aliphatic hydroxyl groups excluding tert-OH is 1. The third-order valence-electron chi connectivity index (χ3n) is 7.29. The van der Waals surface area contributed by atoms with Gasteiger partial charge in [-0.2, -0.15) is 0 Å². The van der Waals surface area contributed by atoms with Crippen LogP contribution in [0.2, 0.25) is 0 Å². The Morgan fingerprint density at radius 1 is 1.09 bits per heavy atom. The molecular weight excluding hydrogens is 428 g/mol. The molecule has 3 aliphatic rings. The van der Waals surface area contributed by atoms with Crippen LogP contribution in [0.25, 0.3) is 0 Å². The Bertz CT molecular complexity index is 861. The fourth-order valence-corrected chi connectivity index (χ4v) is 5.27. The summed E-state index contributed by atoms with van der Waals surface area (Å²) in [4.78, 5) is 18.0. The van der Waals surface area contributed by atoms with Gasteiger partial charge in [0.15, 0.2) is 5.76 Å². The van der Waals surface area contributed by atoms with Crippen molar-refractivity contribution in [3.8, 4) is 12.3 Å². The van der Waals surface area contributed by atoms with Gasteiger partial charge in [-0.15, -0.1) is 6.42 Å². The minimum atomic E-state index is -0.481. The van der Waals surface area contributed by atoms with Crippen LogP contribution in [0, 0.1) is 12.3 Å². The van der Waals surface area contributed by atoms with Crippen LogP contribution in [-0.2, 0) is 14.3 Å². The van der Waals surface area contributed by atoms with E-state index in [0.29, 0.717) is 31.2 Å². The molecule has 1 N–H and O–H groups in total. The van der Waals surface area contributed by atoms with E-state index in [-0.39, 0.29) is 18.4 Å². The lowest BCUT2D eigenvalue weighted by Crippen LogP contribution is -2.49. The molecule has 6 heteroatoms. The zero-order valence-corrected chi connectivity index (χ0v) is 20.2. The number of carbonyl (C=O) groups is 1. The molecule has 2 fully saturated rings. The molecule has 0 aromatic heterocycles. The minimum absolute atomic E-state index is 0.0215. The van der Waals surface area contributed by atoms with E-state index in [9.17, 15) is 4.79 Å². The maximum Gasteiger partial charge on any atom is 0.288 e. The summed E-state index contributed by atoms with van der Waals surface area (Å²) in [6, 6.07) is 8.51. The molecule has 0 unspecified atom stereocenters. The van der Waals surface area contributed by atoms with Crippen molar-refractivity contribution < 1.29 is 19.4 Å². The van der Waals surface area contributed by atoms with Gasteiger partial charge in [0, 0.05) is 43.6 Å². The maximum absolute atomic E-state index is 13.4. The van der Waals surface area contributed by atoms with Gasteiger partial charge in [-0.05, 0) is 75.4 Å². The Morgan fingerprint density at radius 3 is 2.50 bits per heavy atom. The number of benzene rings is 1. The number of piperidine rings is 2. The highest BCUT2D eigenvalue weighted by molar-refractivity contribution is 5.91. The fraction of sp³-hybridized carbons (Fsp3) is 0.607. The quantitative estimate of drug-likeness (QED) is 0.468. The molecule has 4 rings (SSSR count). The first kappa shape index (κ1) is 24.8. The molecule has 3 heterocycles. The molecule has 1 aromatic carbocycles. The SMILES string of the molecule is C#Cc1ccc([C@H]2C=C(C(=O)N3CCC(N4CCCCC4)CC3)O[C@@H](OCCCCO)C2)cc1. The Balaban J connectivity index is 1.42. The average molecular weight is 467 g/mol. The number of carbonyl (C=O) groups excluding carboxylic acids is 1. The lowest BCUT2D eigenvalue weighted by atomic mass is 9.92. The van der Waals surface area contributed by atoms with Gasteiger partial charge in [0.1, 0.15) is 0 Å². The summed E-state index contributed by atoms with van der Waals surface area (Å²) < 4.78 is 12.0. The van der Waals surface area contributed by atoms with Crippen molar-refractivity contribution in [1.29, 1.82) is 0 Å². The number of hydrogen-bond acceptors (Lipinski definition) is 5. The summed E-state index contributed by atoms with van der Waals surface area (Å²) >= 11 is 0. The highest BCUT2D eigenvalue weighted by Crippen LogP contribution is 2.33. The van der Waals surface area contributed by atoms with Gasteiger partial charge in [-0.25, -0.2) is 0 Å². The number of rotatable bonds is 8. The van der Waals surface area contributed by atoms with Crippen LogP contribution >= 0.6 is 0 Å². The van der Waals surface area contributed by atoms with Crippen LogP contribution in [-0.4, -0.2) is 72.5 Å². The third-order valence-corrected chi connectivity index (χ3v) is 7.29. The standard InChI is InChI=1S/C28H38N2O4/c1-2-22-8-10-23(11-9-22)24-20-26(34-27(21-24)33-19-7-6-18-31)28(32)30-16-12-25(13-17-30)29-14-4-3-5-15-29/h1,8-11,20,24-25,27,31H,3-7,12-19,21H2/t24-,27+/m0/s1. The summed E-state index contributed by atoms with van der Waals surface area (Å²) in [5.41, 5.74) is 1.94. The van der Waals surface area contributed by atoms with Crippen LogP contribution in [0.1, 0.15) is 68.4 Å². The average Bonchev–Trinajstić information content (AvgIpc) is 2.91. The van der Waals surface area contributed by atoms with Crippen molar-refractivity contribution in [2.45, 2.75) is 69.6 Å². The molecule has 0 saturated carbocycles. The monoisotopic (exact) mass is 466 g/mol. The van der Waals surface area contributed by atoms with E-state index >= 15 is 0 Å². The van der Waals surface area contributed by atoms with Gasteiger partial charge >= 0.3 is 0 Å². The number of terminal acetylenes is 1. The molecule has 1 amide bonds. The van der Waals surface area contributed by atoms with Crippen molar-refractivity contribution in [3.05, 3.63) is 47.2 Å². The zero-order chi connectivity index (χ0) is 23.8. The van der Waals surface area contributed by atoms with Crippen LogP contribution in [0.3, 0.4) is 0 Å². The summed E-state index contributed by atoms with van der Waals surface area (Å²) in [6.07, 6.45) is 15.1. The van der Waals surface area contributed by atoms with E-state index in [4.69, 9.17) is 21.0 Å². The molecule has 0 aliphatic carbocycles. The smallest absolute Gasteiger partial charge is 0.288 e. The lowest BCUT2D eigenvalue weighted by molar-refractivity contribution is -0.153. The fourth-order valence-electron chi connectivity index (χ4n) is 5.27. The second-order valence-corrected chi connectivity index (χ2v) is 9.61. The van der Waals surface area contributed by atoms with E-state index < -0.39 is 6.29 Å². The minimum Gasteiger partial charge on any atom is -0.459 e. The van der Waals surface area contributed by atoms with Crippen LogP contribution in [0.4, 0.5) is 0 Å². The maximum atomic E-state index is 13.4. The number of nitrogens with zero attached hydrogens (tertiary/aromatic N) is 2. The number of hydrogen-bond donors (Lipinski definition) is 1. The van der Waals surface area contributed by atoms with E-state index in [1.807, 2.05) is 35.2 Å². The molecule has 2 saturated heterocycles. The number of aliphatic hydroxyl groups is 1. The Morgan fingerprint density at radius 2 is 1.82 bits per heavy atom. The van der Waals surface area contributed by atoms with Crippen molar-refractivity contribution in [1.82, 2.24) is 9.80 Å². The molecule has 6 nitrogen and oxygen atoms in total. The first-order valence-corrected chi connectivity index (χ1v) is 12.9. The second kappa shape index (κ2) is 12.4. The zero-order valence-electron chi connectivity index (χ0n) is 20.2. The topological polar surface area (TPSA) is 62.2 Å². The van der Waals surface area contributed by atoms with Gasteiger partial charge in [0.2, 0.25) is 6.29 Å². The Hall–Kier alpha value is -2.33. The summed E-state index contributed by atoms with van der Waals surface area (Å²) in [5.74, 6) is 3.03. The van der Waals surface area contributed by atoms with E-state index in [1.165, 1.54) is 32.4 Å². The molecular formula is C28H38N2O4. The van der Waals surface area contributed by atoms with Gasteiger partial charge < -0.3 is 24.4 Å². The number of allylic oxidation sites excluding steroid dienone is 1.